The Morgan fingerprint density at radius 1 is 1.36 bits per heavy atom. The maximum absolute atomic E-state index is 11.4. The third-order valence-corrected chi connectivity index (χ3v) is 2.41. The van der Waals surface area contributed by atoms with Gasteiger partial charge in [-0.05, 0) is 32.6 Å². The first-order valence-corrected chi connectivity index (χ1v) is 5.65. The molecule has 1 atom stereocenters. The van der Waals surface area contributed by atoms with Crippen LogP contribution in [0.4, 0.5) is 0 Å². The molecule has 1 amide bonds. The SMILES string of the molecule is CCC(CC)NC(=O)CCCC(C)N. The monoisotopic (exact) mass is 200 g/mol. The van der Waals surface area contributed by atoms with E-state index in [9.17, 15) is 4.79 Å². The van der Waals surface area contributed by atoms with Crippen molar-refractivity contribution in [2.75, 3.05) is 0 Å². The summed E-state index contributed by atoms with van der Waals surface area (Å²) in [5, 5.41) is 3.01. The lowest BCUT2D eigenvalue weighted by atomic mass is 10.1. The van der Waals surface area contributed by atoms with Crippen LogP contribution in [0.15, 0.2) is 0 Å². The van der Waals surface area contributed by atoms with Crippen LogP contribution in [0.25, 0.3) is 0 Å². The average molecular weight is 200 g/mol. The predicted octanol–water partition coefficient (Wildman–Crippen LogP) is 1.81. The number of nitrogens with two attached hydrogens (primary N) is 1. The number of carbonyl (C=O) groups is 1. The van der Waals surface area contributed by atoms with E-state index in [2.05, 4.69) is 19.2 Å². The van der Waals surface area contributed by atoms with Gasteiger partial charge < -0.3 is 11.1 Å². The van der Waals surface area contributed by atoms with Gasteiger partial charge in [-0.15, -0.1) is 0 Å². The predicted molar refractivity (Wildman–Crippen MR) is 60.0 cm³/mol. The van der Waals surface area contributed by atoms with Crippen LogP contribution < -0.4 is 11.1 Å². The maximum Gasteiger partial charge on any atom is 0.220 e. The Balaban J connectivity index is 3.54. The van der Waals surface area contributed by atoms with E-state index in [1.807, 2.05) is 6.92 Å². The van der Waals surface area contributed by atoms with Gasteiger partial charge in [0.25, 0.3) is 0 Å². The number of rotatable bonds is 7. The molecule has 0 aliphatic heterocycles. The van der Waals surface area contributed by atoms with E-state index in [0.29, 0.717) is 12.5 Å². The van der Waals surface area contributed by atoms with Crippen molar-refractivity contribution >= 4 is 5.91 Å². The van der Waals surface area contributed by atoms with Crippen molar-refractivity contribution in [1.29, 1.82) is 0 Å². The van der Waals surface area contributed by atoms with E-state index >= 15 is 0 Å². The van der Waals surface area contributed by atoms with Crippen LogP contribution in [0.1, 0.15) is 52.9 Å². The number of carbonyl (C=O) groups excluding carboxylic acids is 1. The fourth-order valence-corrected chi connectivity index (χ4v) is 1.38. The van der Waals surface area contributed by atoms with E-state index in [0.717, 1.165) is 25.7 Å². The van der Waals surface area contributed by atoms with Crippen LogP contribution in [0.5, 0.6) is 0 Å². The molecule has 0 rings (SSSR count). The van der Waals surface area contributed by atoms with Crippen molar-refractivity contribution in [3.05, 3.63) is 0 Å². The van der Waals surface area contributed by atoms with Gasteiger partial charge in [-0.1, -0.05) is 13.8 Å². The lowest BCUT2D eigenvalue weighted by Gasteiger charge is -2.14. The molecule has 0 spiro atoms. The van der Waals surface area contributed by atoms with Crippen molar-refractivity contribution in [1.82, 2.24) is 5.32 Å². The molecule has 0 bridgehead atoms. The molecule has 84 valence electrons. The minimum absolute atomic E-state index is 0.166. The Hall–Kier alpha value is -0.570. The summed E-state index contributed by atoms with van der Waals surface area (Å²) in [5.41, 5.74) is 5.60. The molecule has 14 heavy (non-hydrogen) atoms. The highest BCUT2D eigenvalue weighted by molar-refractivity contribution is 5.76. The molecule has 1 unspecified atom stereocenters. The molecule has 0 heterocycles. The van der Waals surface area contributed by atoms with Gasteiger partial charge in [0.1, 0.15) is 0 Å². The Morgan fingerprint density at radius 2 is 1.93 bits per heavy atom. The molecule has 0 saturated carbocycles. The van der Waals surface area contributed by atoms with Crippen LogP contribution in [0, 0.1) is 0 Å². The summed E-state index contributed by atoms with van der Waals surface area (Å²) in [6.45, 7) is 6.16. The van der Waals surface area contributed by atoms with Crippen molar-refractivity contribution < 1.29 is 4.79 Å². The van der Waals surface area contributed by atoms with Crippen LogP contribution in [0.3, 0.4) is 0 Å². The molecule has 3 N–H and O–H groups in total. The summed E-state index contributed by atoms with van der Waals surface area (Å²) in [6, 6.07) is 0.550. The normalized spacial score (nSPS) is 12.9. The molecule has 0 fully saturated rings. The second-order valence-electron chi connectivity index (χ2n) is 3.95. The Labute approximate surface area is 87.4 Å². The number of hydrogen-bond donors (Lipinski definition) is 2. The second-order valence-corrected chi connectivity index (χ2v) is 3.95. The highest BCUT2D eigenvalue weighted by Gasteiger charge is 2.07. The zero-order chi connectivity index (χ0) is 11.0. The van der Waals surface area contributed by atoms with Crippen molar-refractivity contribution in [3.8, 4) is 0 Å². The molecule has 0 aromatic carbocycles. The van der Waals surface area contributed by atoms with Gasteiger partial charge in [-0.3, -0.25) is 4.79 Å². The van der Waals surface area contributed by atoms with Crippen LogP contribution in [0.2, 0.25) is 0 Å². The highest BCUT2D eigenvalue weighted by Crippen LogP contribution is 2.01. The standard InChI is InChI=1S/C11H24N2O/c1-4-10(5-2)13-11(14)8-6-7-9(3)12/h9-10H,4-8,12H2,1-3H3,(H,13,14). The van der Waals surface area contributed by atoms with E-state index < -0.39 is 0 Å². The van der Waals surface area contributed by atoms with Crippen molar-refractivity contribution in [3.63, 3.8) is 0 Å². The second kappa shape index (κ2) is 7.80. The van der Waals surface area contributed by atoms with Crippen LogP contribution in [-0.4, -0.2) is 18.0 Å². The Morgan fingerprint density at radius 3 is 2.36 bits per heavy atom. The molecule has 0 aliphatic rings. The lowest BCUT2D eigenvalue weighted by molar-refractivity contribution is -0.121. The topological polar surface area (TPSA) is 55.1 Å². The molecular formula is C11H24N2O. The smallest absolute Gasteiger partial charge is 0.220 e. The third-order valence-electron chi connectivity index (χ3n) is 2.41. The van der Waals surface area contributed by atoms with E-state index in [-0.39, 0.29) is 11.9 Å². The fourth-order valence-electron chi connectivity index (χ4n) is 1.38. The van der Waals surface area contributed by atoms with Gasteiger partial charge in [0.05, 0.1) is 0 Å². The maximum atomic E-state index is 11.4. The molecule has 0 aliphatic carbocycles. The first-order chi connectivity index (χ1) is 6.60. The third kappa shape index (κ3) is 6.89. The molecule has 0 saturated heterocycles. The largest absolute Gasteiger partial charge is 0.353 e. The average Bonchev–Trinajstić information content (AvgIpc) is 2.13. The quantitative estimate of drug-likeness (QED) is 0.658. The Bertz CT molecular complexity index is 153. The lowest BCUT2D eigenvalue weighted by Crippen LogP contribution is -2.33. The zero-order valence-corrected chi connectivity index (χ0v) is 9.68. The Kier molecular flexibility index (Phi) is 7.48. The van der Waals surface area contributed by atoms with Gasteiger partial charge in [-0.25, -0.2) is 0 Å². The summed E-state index contributed by atoms with van der Waals surface area (Å²) in [5.74, 6) is 0.166. The molecule has 3 nitrogen and oxygen atoms in total. The summed E-state index contributed by atoms with van der Waals surface area (Å²) < 4.78 is 0. The van der Waals surface area contributed by atoms with Gasteiger partial charge in [0.2, 0.25) is 5.91 Å². The van der Waals surface area contributed by atoms with E-state index in [4.69, 9.17) is 5.73 Å². The van der Waals surface area contributed by atoms with E-state index in [1.165, 1.54) is 0 Å². The van der Waals surface area contributed by atoms with Gasteiger partial charge in [0, 0.05) is 18.5 Å². The van der Waals surface area contributed by atoms with Crippen LogP contribution in [-0.2, 0) is 4.79 Å². The highest BCUT2D eigenvalue weighted by atomic mass is 16.1. The first kappa shape index (κ1) is 13.4. The zero-order valence-electron chi connectivity index (χ0n) is 9.68. The molecule has 0 aromatic rings. The number of hydrogen-bond acceptors (Lipinski definition) is 2. The van der Waals surface area contributed by atoms with Crippen LogP contribution >= 0.6 is 0 Å². The van der Waals surface area contributed by atoms with E-state index in [1.54, 1.807) is 0 Å². The molecule has 0 radical (unpaired) electrons. The summed E-state index contributed by atoms with van der Waals surface area (Å²) in [7, 11) is 0. The fraction of sp³-hybridized carbons (Fsp3) is 0.909. The minimum atomic E-state index is 0.166. The number of nitrogens with one attached hydrogen (secondary N) is 1. The van der Waals surface area contributed by atoms with Gasteiger partial charge in [-0.2, -0.15) is 0 Å². The van der Waals surface area contributed by atoms with Gasteiger partial charge in [0.15, 0.2) is 0 Å². The van der Waals surface area contributed by atoms with Crippen molar-refractivity contribution in [2.45, 2.75) is 65.0 Å². The summed E-state index contributed by atoms with van der Waals surface area (Å²) in [4.78, 5) is 11.4. The molecule has 3 heteroatoms. The van der Waals surface area contributed by atoms with Gasteiger partial charge >= 0.3 is 0 Å². The van der Waals surface area contributed by atoms with Crippen molar-refractivity contribution in [2.24, 2.45) is 5.73 Å². The summed E-state index contributed by atoms with van der Waals surface area (Å²) in [6.07, 6.45) is 4.45. The number of amides is 1. The molecular weight excluding hydrogens is 176 g/mol. The first-order valence-electron chi connectivity index (χ1n) is 5.65. The minimum Gasteiger partial charge on any atom is -0.353 e. The summed E-state index contributed by atoms with van der Waals surface area (Å²) >= 11 is 0. The molecule has 0 aromatic heterocycles.